The summed E-state index contributed by atoms with van der Waals surface area (Å²) in [5.41, 5.74) is 5.54. The summed E-state index contributed by atoms with van der Waals surface area (Å²) in [6.07, 6.45) is 0.298. The number of nitrogens with one attached hydrogen (secondary N) is 2. The molecule has 4 N–H and O–H groups in total. The third kappa shape index (κ3) is 7.73. The molecular formula is C17H25N3O4. The van der Waals surface area contributed by atoms with Gasteiger partial charge in [0.15, 0.2) is 0 Å². The highest BCUT2D eigenvalue weighted by molar-refractivity contribution is 5.90. The molecule has 0 aliphatic heterocycles. The molecule has 7 nitrogen and oxygen atoms in total. The lowest BCUT2D eigenvalue weighted by molar-refractivity contribution is -0.154. The maximum absolute atomic E-state index is 12.3. The number of hydrogen-bond donors (Lipinski definition) is 3. The second-order valence-corrected chi connectivity index (χ2v) is 6.32. The fraction of sp³-hybridized carbons (Fsp3) is 0.471. The first kappa shape index (κ1) is 19.6. The molecule has 0 saturated carbocycles. The fourth-order valence-corrected chi connectivity index (χ4v) is 1.97. The first-order valence-corrected chi connectivity index (χ1v) is 7.74. The zero-order chi connectivity index (χ0) is 18.2. The molecule has 0 spiro atoms. The number of amides is 2. The van der Waals surface area contributed by atoms with E-state index in [4.69, 9.17) is 10.5 Å². The van der Waals surface area contributed by atoms with Gasteiger partial charge in [-0.05, 0) is 26.3 Å². The minimum atomic E-state index is -0.814. The van der Waals surface area contributed by atoms with Gasteiger partial charge in [-0.2, -0.15) is 0 Å². The Kier molecular flexibility index (Phi) is 7.38. The average Bonchev–Trinajstić information content (AvgIpc) is 2.51. The summed E-state index contributed by atoms with van der Waals surface area (Å²) in [7, 11) is 0. The van der Waals surface area contributed by atoms with E-state index in [0.29, 0.717) is 6.42 Å². The summed E-state index contributed by atoms with van der Waals surface area (Å²) in [6.45, 7) is 4.75. The van der Waals surface area contributed by atoms with Crippen LogP contribution in [0.3, 0.4) is 0 Å². The van der Waals surface area contributed by atoms with Crippen LogP contribution in [-0.4, -0.2) is 42.5 Å². The standard InChI is InChI=1S/C17H25N3O4/c1-17(2,3)24-15(22)11-19-16(23)13(20-14(21)10-18)9-12-7-5-4-6-8-12/h4-8,13H,9-11,18H2,1-3H3,(H,19,23)(H,20,21). The number of carbonyl (C=O) groups is 3. The molecule has 1 aromatic rings. The Morgan fingerprint density at radius 3 is 2.33 bits per heavy atom. The Bertz CT molecular complexity index is 567. The van der Waals surface area contributed by atoms with Gasteiger partial charge in [0, 0.05) is 6.42 Å². The van der Waals surface area contributed by atoms with Crippen molar-refractivity contribution >= 4 is 17.8 Å². The van der Waals surface area contributed by atoms with Crippen LogP contribution in [0.2, 0.25) is 0 Å². The number of ether oxygens (including phenoxy) is 1. The lowest BCUT2D eigenvalue weighted by Crippen LogP contribution is -2.50. The van der Waals surface area contributed by atoms with E-state index in [2.05, 4.69) is 10.6 Å². The topological polar surface area (TPSA) is 111 Å². The molecule has 132 valence electrons. The minimum absolute atomic E-state index is 0.218. The van der Waals surface area contributed by atoms with E-state index in [9.17, 15) is 14.4 Å². The molecule has 0 heterocycles. The van der Waals surface area contributed by atoms with Gasteiger partial charge in [-0.25, -0.2) is 0 Å². The molecule has 1 unspecified atom stereocenters. The first-order valence-electron chi connectivity index (χ1n) is 7.74. The van der Waals surface area contributed by atoms with Crippen LogP contribution in [0.5, 0.6) is 0 Å². The summed E-state index contributed by atoms with van der Waals surface area (Å²) in [6, 6.07) is 8.43. The predicted molar refractivity (Wildman–Crippen MR) is 90.0 cm³/mol. The van der Waals surface area contributed by atoms with Gasteiger partial charge < -0.3 is 21.1 Å². The van der Waals surface area contributed by atoms with Gasteiger partial charge in [-0.1, -0.05) is 30.3 Å². The Labute approximate surface area is 141 Å². The summed E-state index contributed by atoms with van der Waals surface area (Å²) in [4.78, 5) is 35.5. The van der Waals surface area contributed by atoms with E-state index < -0.39 is 29.4 Å². The van der Waals surface area contributed by atoms with Crippen LogP contribution in [0.15, 0.2) is 30.3 Å². The van der Waals surface area contributed by atoms with E-state index in [-0.39, 0.29) is 13.1 Å². The quantitative estimate of drug-likeness (QED) is 0.614. The molecule has 1 rings (SSSR count). The lowest BCUT2D eigenvalue weighted by atomic mass is 10.1. The van der Waals surface area contributed by atoms with Crippen LogP contribution < -0.4 is 16.4 Å². The smallest absolute Gasteiger partial charge is 0.325 e. The number of rotatable bonds is 7. The third-order valence-electron chi connectivity index (χ3n) is 2.95. The Morgan fingerprint density at radius 2 is 1.79 bits per heavy atom. The van der Waals surface area contributed by atoms with E-state index in [1.807, 2.05) is 30.3 Å². The molecule has 0 bridgehead atoms. The zero-order valence-electron chi connectivity index (χ0n) is 14.3. The van der Waals surface area contributed by atoms with Crippen molar-refractivity contribution in [2.75, 3.05) is 13.1 Å². The SMILES string of the molecule is CC(C)(C)OC(=O)CNC(=O)C(Cc1ccccc1)NC(=O)CN. The molecule has 0 aliphatic rings. The van der Waals surface area contributed by atoms with E-state index >= 15 is 0 Å². The molecule has 2 amide bonds. The maximum atomic E-state index is 12.3. The molecule has 0 saturated heterocycles. The maximum Gasteiger partial charge on any atom is 0.325 e. The van der Waals surface area contributed by atoms with E-state index in [1.165, 1.54) is 0 Å². The van der Waals surface area contributed by atoms with Gasteiger partial charge in [0.05, 0.1) is 6.54 Å². The van der Waals surface area contributed by atoms with Crippen molar-refractivity contribution in [2.24, 2.45) is 5.73 Å². The van der Waals surface area contributed by atoms with Gasteiger partial charge in [0.1, 0.15) is 18.2 Å². The molecule has 1 aromatic carbocycles. The second kappa shape index (κ2) is 9.02. The summed E-state index contributed by atoms with van der Waals surface area (Å²) < 4.78 is 5.13. The van der Waals surface area contributed by atoms with Gasteiger partial charge in [0.25, 0.3) is 0 Å². The molecule has 0 radical (unpaired) electrons. The average molecular weight is 335 g/mol. The van der Waals surface area contributed by atoms with Crippen LogP contribution >= 0.6 is 0 Å². The molecule has 0 aromatic heterocycles. The van der Waals surface area contributed by atoms with Crippen LogP contribution in [0.1, 0.15) is 26.3 Å². The predicted octanol–water partition coefficient (Wildman–Crippen LogP) is 0.131. The summed E-state index contributed by atoms with van der Waals surface area (Å²) >= 11 is 0. The van der Waals surface area contributed by atoms with Crippen LogP contribution in [0.25, 0.3) is 0 Å². The fourth-order valence-electron chi connectivity index (χ4n) is 1.97. The second-order valence-electron chi connectivity index (χ2n) is 6.32. The van der Waals surface area contributed by atoms with Crippen molar-refractivity contribution in [3.05, 3.63) is 35.9 Å². The van der Waals surface area contributed by atoms with Crippen LogP contribution in [0.4, 0.5) is 0 Å². The van der Waals surface area contributed by atoms with Gasteiger partial charge in [0.2, 0.25) is 11.8 Å². The third-order valence-corrected chi connectivity index (χ3v) is 2.95. The molecule has 0 aliphatic carbocycles. The highest BCUT2D eigenvalue weighted by Crippen LogP contribution is 2.07. The van der Waals surface area contributed by atoms with Crippen molar-refractivity contribution in [3.8, 4) is 0 Å². The van der Waals surface area contributed by atoms with Crippen molar-refractivity contribution in [1.82, 2.24) is 10.6 Å². The Morgan fingerprint density at radius 1 is 1.17 bits per heavy atom. The molecule has 24 heavy (non-hydrogen) atoms. The first-order chi connectivity index (χ1) is 11.2. The largest absolute Gasteiger partial charge is 0.459 e. The normalized spacial score (nSPS) is 12.2. The van der Waals surface area contributed by atoms with Gasteiger partial charge in [-0.3, -0.25) is 14.4 Å². The lowest BCUT2D eigenvalue weighted by Gasteiger charge is -2.21. The minimum Gasteiger partial charge on any atom is -0.459 e. The van der Waals surface area contributed by atoms with Crippen molar-refractivity contribution in [1.29, 1.82) is 0 Å². The van der Waals surface area contributed by atoms with Crippen molar-refractivity contribution in [3.63, 3.8) is 0 Å². The van der Waals surface area contributed by atoms with Crippen molar-refractivity contribution in [2.45, 2.75) is 38.8 Å². The summed E-state index contributed by atoms with van der Waals surface area (Å²) in [5, 5.41) is 5.04. The summed E-state index contributed by atoms with van der Waals surface area (Å²) in [5.74, 6) is -1.45. The van der Waals surface area contributed by atoms with Crippen LogP contribution in [0, 0.1) is 0 Å². The highest BCUT2D eigenvalue weighted by atomic mass is 16.6. The Hall–Kier alpha value is -2.41. The number of hydrogen-bond acceptors (Lipinski definition) is 5. The number of esters is 1. The number of carbonyl (C=O) groups excluding carboxylic acids is 3. The molecule has 1 atom stereocenters. The van der Waals surface area contributed by atoms with Crippen molar-refractivity contribution < 1.29 is 19.1 Å². The highest BCUT2D eigenvalue weighted by Gasteiger charge is 2.22. The number of nitrogens with two attached hydrogens (primary N) is 1. The molecule has 7 heteroatoms. The zero-order valence-corrected chi connectivity index (χ0v) is 14.3. The molecular weight excluding hydrogens is 310 g/mol. The Balaban J connectivity index is 2.66. The van der Waals surface area contributed by atoms with Gasteiger partial charge >= 0.3 is 5.97 Å². The molecule has 0 fully saturated rings. The van der Waals surface area contributed by atoms with E-state index in [1.54, 1.807) is 20.8 Å². The number of benzene rings is 1. The monoisotopic (exact) mass is 335 g/mol. The van der Waals surface area contributed by atoms with Crippen LogP contribution in [-0.2, 0) is 25.5 Å². The van der Waals surface area contributed by atoms with E-state index in [0.717, 1.165) is 5.56 Å². The van der Waals surface area contributed by atoms with Gasteiger partial charge in [-0.15, -0.1) is 0 Å².